The van der Waals surface area contributed by atoms with Gasteiger partial charge in [0.25, 0.3) is 5.92 Å². The number of nitrogens with zero attached hydrogens (tertiary/aromatic N) is 3. The van der Waals surface area contributed by atoms with Gasteiger partial charge in [-0.3, -0.25) is 8.61 Å². The van der Waals surface area contributed by atoms with Crippen molar-refractivity contribution in [2.75, 3.05) is 29.3 Å². The van der Waals surface area contributed by atoms with Crippen LogP contribution in [0.25, 0.3) is 11.1 Å². The Hall–Kier alpha value is -2.86. The van der Waals surface area contributed by atoms with Crippen molar-refractivity contribution in [2.45, 2.75) is 12.3 Å². The summed E-state index contributed by atoms with van der Waals surface area (Å²) in [4.78, 5) is 0. The molecule has 1 unspecified atom stereocenters. The summed E-state index contributed by atoms with van der Waals surface area (Å²) in [5, 5.41) is 9.39. The molecule has 4 rings (SSSR count). The first-order valence-corrected chi connectivity index (χ1v) is 9.95. The number of hydrogen-bond donors (Lipinski definition) is 0. The zero-order chi connectivity index (χ0) is 20.3. The predicted molar refractivity (Wildman–Crippen MR) is 101 cm³/mol. The zero-order valence-corrected chi connectivity index (χ0v) is 16.0. The Kier molecular flexibility index (Phi) is 4.01. The van der Waals surface area contributed by atoms with Crippen LogP contribution in [0.3, 0.4) is 0 Å². The Morgan fingerprint density at radius 2 is 1.96 bits per heavy atom. The molecule has 1 saturated carbocycles. The summed E-state index contributed by atoms with van der Waals surface area (Å²) in [5.74, 6) is -3.21. The first-order valence-electron chi connectivity index (χ1n) is 8.56. The van der Waals surface area contributed by atoms with Gasteiger partial charge < -0.3 is 4.74 Å². The van der Waals surface area contributed by atoms with Crippen LogP contribution < -0.4 is 13.3 Å². The monoisotopic (exact) mass is 405 g/mol. The molecule has 28 heavy (non-hydrogen) atoms. The van der Waals surface area contributed by atoms with E-state index in [1.165, 1.54) is 14.2 Å². The molecule has 1 heterocycles. The third kappa shape index (κ3) is 2.76. The lowest BCUT2D eigenvalue weighted by Crippen LogP contribution is -2.37. The number of ether oxygens (including phenoxy) is 1. The lowest BCUT2D eigenvalue weighted by atomic mass is 9.99. The van der Waals surface area contributed by atoms with Gasteiger partial charge in [0.05, 0.1) is 30.1 Å². The lowest BCUT2D eigenvalue weighted by molar-refractivity contribution is 0.101. The maximum Gasteiger partial charge on any atom is 0.326 e. The van der Waals surface area contributed by atoms with E-state index in [4.69, 9.17) is 4.74 Å². The fourth-order valence-electron chi connectivity index (χ4n) is 3.40. The van der Waals surface area contributed by atoms with Crippen LogP contribution >= 0.6 is 0 Å². The van der Waals surface area contributed by atoms with Crippen LogP contribution in [-0.4, -0.2) is 35.0 Å². The number of alkyl halides is 2. The van der Waals surface area contributed by atoms with Gasteiger partial charge in [0, 0.05) is 31.5 Å². The summed E-state index contributed by atoms with van der Waals surface area (Å²) in [6.07, 6.45) is -0.300. The van der Waals surface area contributed by atoms with Gasteiger partial charge in [-0.1, -0.05) is 6.07 Å². The average Bonchev–Trinajstić information content (AvgIpc) is 3.24. The van der Waals surface area contributed by atoms with E-state index in [1.54, 1.807) is 36.4 Å². The molecule has 2 aliphatic rings. The van der Waals surface area contributed by atoms with E-state index in [1.807, 2.05) is 0 Å². The van der Waals surface area contributed by atoms with E-state index >= 15 is 0 Å². The normalized spacial score (nSPS) is 21.2. The van der Waals surface area contributed by atoms with Gasteiger partial charge in [-0.25, -0.2) is 8.78 Å². The smallest absolute Gasteiger partial charge is 0.326 e. The molecule has 1 atom stereocenters. The number of fused-ring (bicyclic) bond motifs is 1. The molecule has 1 aliphatic heterocycles. The molecule has 1 aliphatic carbocycles. The molecule has 0 aromatic heterocycles. The van der Waals surface area contributed by atoms with Crippen LogP contribution in [0.15, 0.2) is 36.4 Å². The molecular weight excluding hydrogens is 388 g/mol. The Balaban J connectivity index is 1.78. The zero-order valence-electron chi connectivity index (χ0n) is 15.2. The van der Waals surface area contributed by atoms with Crippen molar-refractivity contribution in [3.63, 3.8) is 0 Å². The Bertz CT molecular complexity index is 1110. The molecule has 0 bridgehead atoms. The first-order chi connectivity index (χ1) is 13.2. The standard InChI is InChI=1S/C19H17F2N3O3S/c1-23-18-7-12(16-8-15(27-2)5-3-13(16)10-22)4-6-17(18)24(28(23,25)26)11-14-9-19(14,20)21/h3-8,14H,9,11H2,1-2H3. The van der Waals surface area contributed by atoms with Crippen molar-refractivity contribution in [3.05, 3.63) is 42.0 Å². The number of halogens is 2. The van der Waals surface area contributed by atoms with Crippen LogP contribution in [0, 0.1) is 17.2 Å². The second kappa shape index (κ2) is 6.07. The van der Waals surface area contributed by atoms with E-state index in [0.29, 0.717) is 33.8 Å². The van der Waals surface area contributed by atoms with Crippen LogP contribution in [0.4, 0.5) is 20.2 Å². The number of benzene rings is 2. The van der Waals surface area contributed by atoms with E-state index in [0.717, 1.165) is 8.61 Å². The van der Waals surface area contributed by atoms with Crippen LogP contribution in [0.5, 0.6) is 5.75 Å². The predicted octanol–water partition coefficient (Wildman–Crippen LogP) is 3.39. The van der Waals surface area contributed by atoms with Gasteiger partial charge in [-0.05, 0) is 35.9 Å². The number of hydrogen-bond acceptors (Lipinski definition) is 4. The van der Waals surface area contributed by atoms with Crippen LogP contribution in [0.1, 0.15) is 12.0 Å². The van der Waals surface area contributed by atoms with E-state index in [9.17, 15) is 22.5 Å². The molecule has 6 nitrogen and oxygen atoms in total. The maximum atomic E-state index is 13.3. The van der Waals surface area contributed by atoms with E-state index in [2.05, 4.69) is 6.07 Å². The summed E-state index contributed by atoms with van der Waals surface area (Å²) in [7, 11) is -1.01. The summed E-state index contributed by atoms with van der Waals surface area (Å²) < 4.78 is 59.5. The fraction of sp³-hybridized carbons (Fsp3) is 0.316. The molecule has 0 saturated heterocycles. The van der Waals surface area contributed by atoms with Gasteiger partial charge in [0.15, 0.2) is 0 Å². The topological polar surface area (TPSA) is 73.6 Å². The van der Waals surface area contributed by atoms with Crippen molar-refractivity contribution in [3.8, 4) is 22.9 Å². The van der Waals surface area contributed by atoms with Crippen molar-refractivity contribution in [1.82, 2.24) is 0 Å². The minimum atomic E-state index is -3.91. The van der Waals surface area contributed by atoms with Gasteiger partial charge in [0.1, 0.15) is 5.75 Å². The molecule has 0 N–H and O–H groups in total. The summed E-state index contributed by atoms with van der Waals surface area (Å²) in [6.45, 7) is -0.255. The van der Waals surface area contributed by atoms with Gasteiger partial charge in [-0.2, -0.15) is 13.7 Å². The summed E-state index contributed by atoms with van der Waals surface area (Å²) in [6, 6.07) is 12.0. The van der Waals surface area contributed by atoms with Crippen molar-refractivity contribution >= 4 is 21.6 Å². The number of methoxy groups -OCH3 is 1. The van der Waals surface area contributed by atoms with E-state index < -0.39 is 22.0 Å². The summed E-state index contributed by atoms with van der Waals surface area (Å²) >= 11 is 0. The molecule has 0 amide bonds. The fourth-order valence-corrected chi connectivity index (χ4v) is 4.86. The highest BCUT2D eigenvalue weighted by Crippen LogP contribution is 2.51. The second-order valence-electron chi connectivity index (χ2n) is 6.90. The van der Waals surface area contributed by atoms with Gasteiger partial charge in [0.2, 0.25) is 0 Å². The van der Waals surface area contributed by atoms with Gasteiger partial charge in [-0.15, -0.1) is 0 Å². The first kappa shape index (κ1) is 18.5. The highest BCUT2D eigenvalue weighted by Gasteiger charge is 2.59. The molecule has 146 valence electrons. The molecule has 0 radical (unpaired) electrons. The Labute approximate surface area is 161 Å². The van der Waals surface area contributed by atoms with Crippen molar-refractivity contribution in [1.29, 1.82) is 5.26 Å². The van der Waals surface area contributed by atoms with Crippen LogP contribution in [-0.2, 0) is 10.2 Å². The van der Waals surface area contributed by atoms with Crippen LogP contribution in [0.2, 0.25) is 0 Å². The maximum absolute atomic E-state index is 13.3. The molecular formula is C19H17F2N3O3S. The quantitative estimate of drug-likeness (QED) is 0.782. The SMILES string of the molecule is COc1ccc(C#N)c(-c2ccc3c(c2)N(C)S(=O)(=O)N3CC2CC2(F)F)c1. The Morgan fingerprint density at radius 1 is 1.25 bits per heavy atom. The molecule has 2 aromatic carbocycles. The second-order valence-corrected chi connectivity index (χ2v) is 8.78. The number of nitriles is 1. The number of anilines is 2. The van der Waals surface area contributed by atoms with Crippen molar-refractivity contribution in [2.24, 2.45) is 5.92 Å². The highest BCUT2D eigenvalue weighted by molar-refractivity contribution is 7.94. The molecule has 0 spiro atoms. The third-order valence-corrected chi connectivity index (χ3v) is 7.00. The molecule has 1 fully saturated rings. The minimum Gasteiger partial charge on any atom is -0.497 e. The molecule has 2 aromatic rings. The van der Waals surface area contributed by atoms with Gasteiger partial charge >= 0.3 is 10.2 Å². The van der Waals surface area contributed by atoms with Crippen molar-refractivity contribution < 1.29 is 21.9 Å². The largest absolute Gasteiger partial charge is 0.497 e. The van der Waals surface area contributed by atoms with E-state index in [-0.39, 0.29) is 13.0 Å². The highest BCUT2D eigenvalue weighted by atomic mass is 32.2. The Morgan fingerprint density at radius 3 is 2.57 bits per heavy atom. The molecule has 9 heteroatoms. The average molecular weight is 405 g/mol. The minimum absolute atomic E-state index is 0.255. The summed E-state index contributed by atoms with van der Waals surface area (Å²) in [5.41, 5.74) is 2.39. The third-order valence-electron chi connectivity index (χ3n) is 5.21. The number of rotatable bonds is 4. The lowest BCUT2D eigenvalue weighted by Gasteiger charge is -2.18.